The Morgan fingerprint density at radius 3 is 2.73 bits per heavy atom. The summed E-state index contributed by atoms with van der Waals surface area (Å²) in [6, 6.07) is 4.10. The SMILES string of the molecule is CCC(C)N(C)c1nc(C)cc(C#N)n1. The molecular formula is C11H16N4. The molecule has 1 rings (SSSR count). The van der Waals surface area contributed by atoms with Crippen LogP contribution in [0.25, 0.3) is 0 Å². The molecule has 1 aromatic heterocycles. The summed E-state index contributed by atoms with van der Waals surface area (Å²) < 4.78 is 0. The molecule has 0 bridgehead atoms. The van der Waals surface area contributed by atoms with E-state index in [0.717, 1.165) is 12.1 Å². The third-order valence-corrected chi connectivity index (χ3v) is 2.52. The van der Waals surface area contributed by atoms with Gasteiger partial charge in [0, 0.05) is 18.8 Å². The largest absolute Gasteiger partial charge is 0.341 e. The van der Waals surface area contributed by atoms with Crippen molar-refractivity contribution in [3.05, 3.63) is 17.5 Å². The first kappa shape index (κ1) is 11.4. The van der Waals surface area contributed by atoms with Crippen molar-refractivity contribution in [1.29, 1.82) is 5.26 Å². The monoisotopic (exact) mass is 204 g/mol. The minimum absolute atomic E-state index is 0.373. The number of hydrogen-bond donors (Lipinski definition) is 0. The molecule has 80 valence electrons. The molecule has 0 aliphatic carbocycles. The molecule has 0 N–H and O–H groups in total. The fourth-order valence-corrected chi connectivity index (χ4v) is 1.24. The Kier molecular flexibility index (Phi) is 3.62. The zero-order valence-electron chi connectivity index (χ0n) is 9.65. The van der Waals surface area contributed by atoms with Crippen LogP contribution in [0.1, 0.15) is 31.7 Å². The first-order valence-electron chi connectivity index (χ1n) is 5.07. The molecule has 0 fully saturated rings. The van der Waals surface area contributed by atoms with E-state index < -0.39 is 0 Å². The maximum atomic E-state index is 8.81. The van der Waals surface area contributed by atoms with Crippen molar-refractivity contribution in [1.82, 2.24) is 9.97 Å². The molecule has 0 aliphatic rings. The molecule has 15 heavy (non-hydrogen) atoms. The smallest absolute Gasteiger partial charge is 0.226 e. The topological polar surface area (TPSA) is 52.8 Å². The molecule has 0 saturated heterocycles. The van der Waals surface area contributed by atoms with Crippen LogP contribution in [-0.2, 0) is 0 Å². The van der Waals surface area contributed by atoms with E-state index in [-0.39, 0.29) is 0 Å². The van der Waals surface area contributed by atoms with E-state index in [4.69, 9.17) is 5.26 Å². The summed E-state index contributed by atoms with van der Waals surface area (Å²) in [6.45, 7) is 6.09. The van der Waals surface area contributed by atoms with Gasteiger partial charge in [0.2, 0.25) is 5.95 Å². The van der Waals surface area contributed by atoms with Crippen LogP contribution in [0.4, 0.5) is 5.95 Å². The lowest BCUT2D eigenvalue weighted by Gasteiger charge is -2.23. The number of aryl methyl sites for hydroxylation is 1. The number of nitriles is 1. The zero-order chi connectivity index (χ0) is 11.4. The van der Waals surface area contributed by atoms with Gasteiger partial charge in [0.15, 0.2) is 0 Å². The van der Waals surface area contributed by atoms with Crippen LogP contribution in [-0.4, -0.2) is 23.1 Å². The van der Waals surface area contributed by atoms with E-state index in [0.29, 0.717) is 17.7 Å². The van der Waals surface area contributed by atoms with E-state index in [9.17, 15) is 0 Å². The lowest BCUT2D eigenvalue weighted by Crippen LogP contribution is -2.30. The Morgan fingerprint density at radius 1 is 1.53 bits per heavy atom. The minimum Gasteiger partial charge on any atom is -0.341 e. The van der Waals surface area contributed by atoms with Crippen LogP contribution in [0.2, 0.25) is 0 Å². The lowest BCUT2D eigenvalue weighted by atomic mass is 10.2. The predicted molar refractivity (Wildman–Crippen MR) is 59.6 cm³/mol. The van der Waals surface area contributed by atoms with Gasteiger partial charge in [-0.1, -0.05) is 6.92 Å². The second-order valence-corrected chi connectivity index (χ2v) is 3.67. The summed E-state index contributed by atoms with van der Waals surface area (Å²) in [6.07, 6.45) is 1.02. The molecule has 0 amide bonds. The summed E-state index contributed by atoms with van der Waals surface area (Å²) in [4.78, 5) is 10.5. The first-order valence-corrected chi connectivity index (χ1v) is 5.07. The Morgan fingerprint density at radius 2 is 2.20 bits per heavy atom. The van der Waals surface area contributed by atoms with Gasteiger partial charge in [-0.05, 0) is 26.3 Å². The van der Waals surface area contributed by atoms with Gasteiger partial charge in [-0.25, -0.2) is 9.97 Å². The molecule has 1 unspecified atom stereocenters. The van der Waals surface area contributed by atoms with Gasteiger partial charge in [-0.15, -0.1) is 0 Å². The van der Waals surface area contributed by atoms with Crippen LogP contribution in [0.3, 0.4) is 0 Å². The Hall–Kier alpha value is -1.63. The molecule has 4 heteroatoms. The van der Waals surface area contributed by atoms with Crippen molar-refractivity contribution in [3.63, 3.8) is 0 Å². The zero-order valence-corrected chi connectivity index (χ0v) is 9.65. The Labute approximate surface area is 90.6 Å². The normalized spacial score (nSPS) is 11.9. The minimum atomic E-state index is 0.373. The van der Waals surface area contributed by atoms with Crippen LogP contribution in [0.5, 0.6) is 0 Å². The van der Waals surface area contributed by atoms with Gasteiger partial charge in [0.25, 0.3) is 0 Å². The van der Waals surface area contributed by atoms with E-state index in [1.165, 1.54) is 0 Å². The second-order valence-electron chi connectivity index (χ2n) is 3.67. The first-order chi connectivity index (χ1) is 7.08. The molecule has 1 heterocycles. The van der Waals surface area contributed by atoms with Gasteiger partial charge < -0.3 is 4.90 Å². The maximum Gasteiger partial charge on any atom is 0.226 e. The Balaban J connectivity index is 3.04. The van der Waals surface area contributed by atoms with E-state index in [1.54, 1.807) is 6.07 Å². The maximum absolute atomic E-state index is 8.81. The van der Waals surface area contributed by atoms with Crippen LogP contribution >= 0.6 is 0 Å². The fraction of sp³-hybridized carbons (Fsp3) is 0.545. The van der Waals surface area contributed by atoms with Gasteiger partial charge in [-0.3, -0.25) is 0 Å². The molecular weight excluding hydrogens is 188 g/mol. The quantitative estimate of drug-likeness (QED) is 0.754. The average molecular weight is 204 g/mol. The molecule has 1 atom stereocenters. The number of rotatable bonds is 3. The van der Waals surface area contributed by atoms with Crippen LogP contribution < -0.4 is 4.90 Å². The molecule has 0 radical (unpaired) electrons. The third-order valence-electron chi connectivity index (χ3n) is 2.52. The van der Waals surface area contributed by atoms with Gasteiger partial charge in [0.1, 0.15) is 11.8 Å². The van der Waals surface area contributed by atoms with Crippen LogP contribution in [0, 0.1) is 18.3 Å². The molecule has 0 aliphatic heterocycles. The van der Waals surface area contributed by atoms with Gasteiger partial charge >= 0.3 is 0 Å². The van der Waals surface area contributed by atoms with Crippen molar-refractivity contribution >= 4 is 5.95 Å². The number of nitrogens with zero attached hydrogens (tertiary/aromatic N) is 4. The number of hydrogen-bond acceptors (Lipinski definition) is 4. The highest BCUT2D eigenvalue weighted by Crippen LogP contribution is 2.12. The highest BCUT2D eigenvalue weighted by molar-refractivity contribution is 5.35. The van der Waals surface area contributed by atoms with Crippen molar-refractivity contribution in [3.8, 4) is 6.07 Å². The molecule has 1 aromatic rings. The average Bonchev–Trinajstić information content (AvgIpc) is 2.26. The summed E-state index contributed by atoms with van der Waals surface area (Å²) in [5.41, 5.74) is 1.25. The summed E-state index contributed by atoms with van der Waals surface area (Å²) in [7, 11) is 1.95. The summed E-state index contributed by atoms with van der Waals surface area (Å²) in [5, 5.41) is 8.81. The van der Waals surface area contributed by atoms with Crippen molar-refractivity contribution < 1.29 is 0 Å². The van der Waals surface area contributed by atoms with Crippen LogP contribution in [0.15, 0.2) is 6.07 Å². The lowest BCUT2D eigenvalue weighted by molar-refractivity contribution is 0.647. The summed E-state index contributed by atoms with van der Waals surface area (Å²) >= 11 is 0. The molecule has 0 saturated carbocycles. The van der Waals surface area contributed by atoms with E-state index in [2.05, 4.69) is 23.8 Å². The number of aromatic nitrogens is 2. The number of anilines is 1. The van der Waals surface area contributed by atoms with E-state index in [1.807, 2.05) is 24.9 Å². The van der Waals surface area contributed by atoms with Crippen molar-refractivity contribution in [2.75, 3.05) is 11.9 Å². The van der Waals surface area contributed by atoms with Crippen molar-refractivity contribution in [2.24, 2.45) is 0 Å². The van der Waals surface area contributed by atoms with Crippen molar-refractivity contribution in [2.45, 2.75) is 33.2 Å². The molecule has 0 aromatic carbocycles. The molecule has 4 nitrogen and oxygen atoms in total. The molecule has 0 spiro atoms. The fourth-order valence-electron chi connectivity index (χ4n) is 1.24. The van der Waals surface area contributed by atoms with E-state index >= 15 is 0 Å². The highest BCUT2D eigenvalue weighted by atomic mass is 15.2. The third kappa shape index (κ3) is 2.66. The second kappa shape index (κ2) is 4.74. The Bertz CT molecular complexity index is 381. The predicted octanol–water partition coefficient (Wildman–Crippen LogP) is 1.89. The van der Waals surface area contributed by atoms with Gasteiger partial charge in [0.05, 0.1) is 0 Å². The van der Waals surface area contributed by atoms with Gasteiger partial charge in [-0.2, -0.15) is 5.26 Å². The summed E-state index contributed by atoms with van der Waals surface area (Å²) in [5.74, 6) is 0.626. The standard InChI is InChI=1S/C11H16N4/c1-5-9(3)15(4)11-13-8(2)6-10(7-12)14-11/h6,9H,5H2,1-4H3. The highest BCUT2D eigenvalue weighted by Gasteiger charge is 2.11.